The van der Waals surface area contributed by atoms with E-state index in [0.29, 0.717) is 0 Å². The summed E-state index contributed by atoms with van der Waals surface area (Å²) in [6, 6.07) is 12.1. The van der Waals surface area contributed by atoms with Crippen LogP contribution in [0.1, 0.15) is 45.2 Å². The van der Waals surface area contributed by atoms with Crippen LogP contribution in [0.2, 0.25) is 0 Å². The number of nitrogens with zero attached hydrogens (tertiary/aromatic N) is 1. The molecule has 0 amide bonds. The predicted molar refractivity (Wildman–Crippen MR) is 90.6 cm³/mol. The molecule has 1 N–H and O–H groups in total. The minimum atomic E-state index is -0.189. The molecule has 0 atom stereocenters. The molecule has 1 aromatic carbocycles. The first-order valence-corrected chi connectivity index (χ1v) is 8.19. The van der Waals surface area contributed by atoms with Crippen molar-refractivity contribution in [1.29, 1.82) is 0 Å². The van der Waals surface area contributed by atoms with Crippen molar-refractivity contribution in [3.05, 3.63) is 47.7 Å². The minimum Gasteiger partial charge on any atom is -0.460 e. The van der Waals surface area contributed by atoms with E-state index < -0.39 is 0 Å². The number of carbonyl (C=O) groups excluding carboxylic acids is 1. The van der Waals surface area contributed by atoms with Gasteiger partial charge in [-0.25, -0.2) is 4.79 Å². The highest BCUT2D eigenvalue weighted by molar-refractivity contribution is 5.98. The maximum atomic E-state index is 12.4. The Balaban J connectivity index is 1.93. The Morgan fingerprint density at radius 2 is 1.91 bits per heavy atom. The third kappa shape index (κ3) is 3.52. The lowest BCUT2D eigenvalue weighted by molar-refractivity contribution is -0.142. The van der Waals surface area contributed by atoms with Gasteiger partial charge in [-0.1, -0.05) is 30.3 Å². The van der Waals surface area contributed by atoms with Crippen molar-refractivity contribution < 1.29 is 9.53 Å². The van der Waals surface area contributed by atoms with Gasteiger partial charge in [0.05, 0.1) is 17.5 Å². The minimum absolute atomic E-state index is 0.0974. The van der Waals surface area contributed by atoms with Gasteiger partial charge in [-0.05, 0) is 51.2 Å². The van der Waals surface area contributed by atoms with Crippen LogP contribution in [0.4, 0.5) is 0 Å². The molecule has 4 heteroatoms. The number of aromatic nitrogens is 2. The Labute approximate surface area is 136 Å². The molecule has 0 aliphatic heterocycles. The standard InChI is InChI=1S/C19H22N2O2/c1-13(2)23-19(22)16-11-7-6-10-15(16)18-12-17(20-21-18)14-8-4-3-5-9-14/h3-5,8-9,12-13H,6-7,10-11H2,1-2H3,(H,20,21). The second kappa shape index (κ2) is 6.82. The van der Waals surface area contributed by atoms with Crippen molar-refractivity contribution in [1.82, 2.24) is 10.2 Å². The first kappa shape index (κ1) is 15.5. The van der Waals surface area contributed by atoms with E-state index in [-0.39, 0.29) is 12.1 Å². The van der Waals surface area contributed by atoms with Crippen molar-refractivity contribution in [2.24, 2.45) is 0 Å². The highest BCUT2D eigenvalue weighted by Gasteiger charge is 2.23. The third-order valence-electron chi connectivity index (χ3n) is 4.03. The van der Waals surface area contributed by atoms with Gasteiger partial charge in [0.1, 0.15) is 0 Å². The molecule has 1 aromatic heterocycles. The molecule has 2 aromatic rings. The Hall–Kier alpha value is -2.36. The van der Waals surface area contributed by atoms with Crippen molar-refractivity contribution >= 4 is 11.5 Å². The van der Waals surface area contributed by atoms with Gasteiger partial charge in [-0.15, -0.1) is 0 Å². The monoisotopic (exact) mass is 310 g/mol. The SMILES string of the molecule is CC(C)OC(=O)C1=C(c2cc(-c3ccccc3)n[nH]2)CCCC1. The molecule has 120 valence electrons. The fourth-order valence-electron chi connectivity index (χ4n) is 2.95. The number of hydrogen-bond acceptors (Lipinski definition) is 3. The number of allylic oxidation sites excluding steroid dienone is 1. The van der Waals surface area contributed by atoms with Gasteiger partial charge in [0.25, 0.3) is 0 Å². The highest BCUT2D eigenvalue weighted by atomic mass is 16.5. The van der Waals surface area contributed by atoms with E-state index in [0.717, 1.165) is 53.8 Å². The molecule has 0 saturated heterocycles. The largest absolute Gasteiger partial charge is 0.460 e. The number of nitrogens with one attached hydrogen (secondary N) is 1. The van der Waals surface area contributed by atoms with Crippen LogP contribution in [0.5, 0.6) is 0 Å². The zero-order chi connectivity index (χ0) is 16.2. The van der Waals surface area contributed by atoms with Gasteiger partial charge >= 0.3 is 5.97 Å². The summed E-state index contributed by atoms with van der Waals surface area (Å²) in [6.45, 7) is 3.76. The second-order valence-corrected chi connectivity index (χ2v) is 6.15. The number of aromatic amines is 1. The summed E-state index contributed by atoms with van der Waals surface area (Å²) in [4.78, 5) is 12.4. The summed E-state index contributed by atoms with van der Waals surface area (Å²) < 4.78 is 5.40. The summed E-state index contributed by atoms with van der Waals surface area (Å²) >= 11 is 0. The fourth-order valence-corrected chi connectivity index (χ4v) is 2.95. The van der Waals surface area contributed by atoms with Gasteiger partial charge in [0, 0.05) is 11.1 Å². The van der Waals surface area contributed by atoms with E-state index in [1.807, 2.05) is 50.2 Å². The quantitative estimate of drug-likeness (QED) is 0.854. The van der Waals surface area contributed by atoms with Crippen molar-refractivity contribution in [3.8, 4) is 11.3 Å². The molecule has 1 aliphatic rings. The van der Waals surface area contributed by atoms with Crippen LogP contribution in [0, 0.1) is 0 Å². The average molecular weight is 310 g/mol. The number of hydrogen-bond donors (Lipinski definition) is 1. The van der Waals surface area contributed by atoms with Crippen molar-refractivity contribution in [2.75, 3.05) is 0 Å². The average Bonchev–Trinajstić information content (AvgIpc) is 3.05. The summed E-state index contributed by atoms with van der Waals surface area (Å²) in [5, 5.41) is 7.50. The van der Waals surface area contributed by atoms with Crippen LogP contribution in [0.15, 0.2) is 42.0 Å². The molecule has 1 aliphatic carbocycles. The molecule has 0 fully saturated rings. The normalized spacial score (nSPS) is 15.1. The molecular weight excluding hydrogens is 288 g/mol. The smallest absolute Gasteiger partial charge is 0.334 e. The Morgan fingerprint density at radius 1 is 1.17 bits per heavy atom. The van der Waals surface area contributed by atoms with Crippen LogP contribution >= 0.6 is 0 Å². The summed E-state index contributed by atoms with van der Waals surface area (Å²) in [6.07, 6.45) is 3.69. The molecule has 1 heterocycles. The number of esters is 1. The highest BCUT2D eigenvalue weighted by Crippen LogP contribution is 2.33. The molecule has 4 nitrogen and oxygen atoms in total. The lowest BCUT2D eigenvalue weighted by Gasteiger charge is -2.19. The van der Waals surface area contributed by atoms with Gasteiger partial charge in [-0.2, -0.15) is 5.10 Å². The number of rotatable bonds is 4. The van der Waals surface area contributed by atoms with E-state index in [9.17, 15) is 4.79 Å². The second-order valence-electron chi connectivity index (χ2n) is 6.15. The molecule has 23 heavy (non-hydrogen) atoms. The number of carbonyl (C=O) groups is 1. The van der Waals surface area contributed by atoms with E-state index in [1.165, 1.54) is 0 Å². The summed E-state index contributed by atoms with van der Waals surface area (Å²) in [5.74, 6) is -0.189. The lowest BCUT2D eigenvalue weighted by atomic mass is 9.89. The van der Waals surface area contributed by atoms with E-state index in [2.05, 4.69) is 10.2 Å². The molecular formula is C19H22N2O2. The summed E-state index contributed by atoms with van der Waals surface area (Å²) in [5.41, 5.74) is 4.75. The molecule has 0 radical (unpaired) electrons. The summed E-state index contributed by atoms with van der Waals surface area (Å²) in [7, 11) is 0. The Bertz CT molecular complexity index is 714. The molecule has 0 unspecified atom stereocenters. The maximum Gasteiger partial charge on any atom is 0.334 e. The Kier molecular flexibility index (Phi) is 4.60. The Morgan fingerprint density at radius 3 is 2.65 bits per heavy atom. The molecule has 0 saturated carbocycles. The van der Waals surface area contributed by atoms with Crippen LogP contribution in [-0.4, -0.2) is 22.3 Å². The van der Waals surface area contributed by atoms with Gasteiger partial charge in [-0.3, -0.25) is 5.10 Å². The van der Waals surface area contributed by atoms with Crippen molar-refractivity contribution in [3.63, 3.8) is 0 Å². The molecule has 3 rings (SSSR count). The van der Waals surface area contributed by atoms with Crippen molar-refractivity contribution in [2.45, 2.75) is 45.6 Å². The third-order valence-corrected chi connectivity index (χ3v) is 4.03. The van der Waals surface area contributed by atoms with Crippen LogP contribution in [0.3, 0.4) is 0 Å². The molecule has 0 spiro atoms. The number of benzene rings is 1. The number of H-pyrrole nitrogens is 1. The van der Waals surface area contributed by atoms with E-state index >= 15 is 0 Å². The maximum absolute atomic E-state index is 12.4. The first-order chi connectivity index (χ1) is 11.1. The predicted octanol–water partition coefficient (Wildman–Crippen LogP) is 4.36. The van der Waals surface area contributed by atoms with Gasteiger partial charge in [0.15, 0.2) is 0 Å². The topological polar surface area (TPSA) is 55.0 Å². The lowest BCUT2D eigenvalue weighted by Crippen LogP contribution is -2.17. The first-order valence-electron chi connectivity index (χ1n) is 8.19. The van der Waals surface area contributed by atoms with E-state index in [4.69, 9.17) is 4.74 Å². The van der Waals surface area contributed by atoms with Crippen LogP contribution in [-0.2, 0) is 9.53 Å². The molecule has 0 bridgehead atoms. The zero-order valence-corrected chi connectivity index (χ0v) is 13.6. The zero-order valence-electron chi connectivity index (χ0n) is 13.6. The van der Waals surface area contributed by atoms with Crippen LogP contribution < -0.4 is 0 Å². The van der Waals surface area contributed by atoms with Crippen LogP contribution in [0.25, 0.3) is 16.8 Å². The fraction of sp³-hybridized carbons (Fsp3) is 0.368. The van der Waals surface area contributed by atoms with Gasteiger partial charge < -0.3 is 4.74 Å². The number of ether oxygens (including phenoxy) is 1. The van der Waals surface area contributed by atoms with Gasteiger partial charge in [0.2, 0.25) is 0 Å². The van der Waals surface area contributed by atoms with E-state index in [1.54, 1.807) is 0 Å².